The first-order valence-corrected chi connectivity index (χ1v) is 7.74. The molecule has 1 atom stereocenters. The normalized spacial score (nSPS) is 28.4. The lowest BCUT2D eigenvalue weighted by molar-refractivity contribution is -0.142. The third-order valence-electron chi connectivity index (χ3n) is 3.82. The van der Waals surface area contributed by atoms with Gasteiger partial charge in [0, 0.05) is 13.1 Å². The Morgan fingerprint density at radius 3 is 2.35 bits per heavy atom. The van der Waals surface area contributed by atoms with Crippen molar-refractivity contribution in [3.63, 3.8) is 0 Å². The zero-order valence-electron chi connectivity index (χ0n) is 9.84. The highest BCUT2D eigenvalue weighted by Gasteiger charge is 2.38. The molecule has 0 amide bonds. The summed E-state index contributed by atoms with van der Waals surface area (Å²) in [5.41, 5.74) is 0. The molecule has 6 heteroatoms. The van der Waals surface area contributed by atoms with Crippen molar-refractivity contribution in [2.45, 2.75) is 43.8 Å². The molecular formula is C11H19NO4S. The minimum atomic E-state index is -3.26. The van der Waals surface area contributed by atoms with E-state index in [1.807, 2.05) is 0 Å². The van der Waals surface area contributed by atoms with Crippen LogP contribution >= 0.6 is 0 Å². The van der Waals surface area contributed by atoms with Gasteiger partial charge in [-0.3, -0.25) is 4.79 Å². The molecule has 2 rings (SSSR count). The van der Waals surface area contributed by atoms with Gasteiger partial charge in [0.1, 0.15) is 0 Å². The summed E-state index contributed by atoms with van der Waals surface area (Å²) in [6, 6.07) is 0. The smallest absolute Gasteiger partial charge is 0.307 e. The number of carboxylic acids is 1. The van der Waals surface area contributed by atoms with Gasteiger partial charge in [-0.1, -0.05) is 12.8 Å². The first-order chi connectivity index (χ1) is 8.01. The van der Waals surface area contributed by atoms with Gasteiger partial charge in [-0.2, -0.15) is 0 Å². The fourth-order valence-electron chi connectivity index (χ4n) is 2.77. The number of nitrogens with zero attached hydrogens (tertiary/aromatic N) is 1. The molecule has 17 heavy (non-hydrogen) atoms. The van der Waals surface area contributed by atoms with Gasteiger partial charge in [0.25, 0.3) is 0 Å². The van der Waals surface area contributed by atoms with Crippen molar-refractivity contribution in [2.24, 2.45) is 5.92 Å². The third-order valence-corrected chi connectivity index (χ3v) is 6.18. The quantitative estimate of drug-likeness (QED) is 0.824. The van der Waals surface area contributed by atoms with E-state index < -0.39 is 21.9 Å². The van der Waals surface area contributed by atoms with Gasteiger partial charge in [0.2, 0.25) is 10.0 Å². The molecule has 0 aromatic heterocycles. The molecule has 5 nitrogen and oxygen atoms in total. The molecule has 1 N–H and O–H groups in total. The number of hydrogen-bond acceptors (Lipinski definition) is 3. The summed E-state index contributed by atoms with van der Waals surface area (Å²) in [4.78, 5) is 10.9. The second kappa shape index (κ2) is 4.94. The minimum Gasteiger partial charge on any atom is -0.481 e. The summed E-state index contributed by atoms with van der Waals surface area (Å²) in [7, 11) is -3.26. The monoisotopic (exact) mass is 261 g/mol. The molecule has 0 aromatic carbocycles. The van der Waals surface area contributed by atoms with E-state index in [9.17, 15) is 13.2 Å². The van der Waals surface area contributed by atoms with Gasteiger partial charge in [0.05, 0.1) is 11.2 Å². The van der Waals surface area contributed by atoms with E-state index in [0.717, 1.165) is 25.7 Å². The second-order valence-electron chi connectivity index (χ2n) is 4.99. The highest BCUT2D eigenvalue weighted by atomic mass is 32.2. The number of piperidine rings is 1. The van der Waals surface area contributed by atoms with Crippen molar-refractivity contribution < 1.29 is 18.3 Å². The number of rotatable bonds is 3. The molecule has 0 bridgehead atoms. The maximum atomic E-state index is 12.3. The fourth-order valence-corrected chi connectivity index (χ4v) is 4.89. The standard InChI is InChI=1S/C11H19NO4S/c13-11(14)9-4-3-7-12(8-9)17(15,16)10-5-1-2-6-10/h9-10H,1-8H2,(H,13,14)/t9-/m1/s1. The fraction of sp³-hybridized carbons (Fsp3) is 0.909. The predicted octanol–water partition coefficient (Wildman–Crippen LogP) is 1.06. The van der Waals surface area contributed by atoms with Crippen molar-refractivity contribution in [3.8, 4) is 0 Å². The van der Waals surface area contributed by atoms with E-state index in [1.165, 1.54) is 4.31 Å². The van der Waals surface area contributed by atoms with Crippen LogP contribution in [0.25, 0.3) is 0 Å². The molecule has 1 saturated heterocycles. The number of aliphatic carboxylic acids is 1. The Labute approximate surface area is 102 Å². The van der Waals surface area contributed by atoms with Crippen LogP contribution in [-0.2, 0) is 14.8 Å². The SMILES string of the molecule is O=C(O)[C@@H]1CCCN(S(=O)(=O)C2CCCC2)C1. The van der Waals surface area contributed by atoms with Crippen LogP contribution in [0.4, 0.5) is 0 Å². The van der Waals surface area contributed by atoms with Crippen LogP contribution in [0.3, 0.4) is 0 Å². The van der Waals surface area contributed by atoms with Gasteiger partial charge < -0.3 is 5.11 Å². The molecule has 0 radical (unpaired) electrons. The lowest BCUT2D eigenvalue weighted by Gasteiger charge is -2.31. The molecule has 1 heterocycles. The van der Waals surface area contributed by atoms with Crippen LogP contribution < -0.4 is 0 Å². The summed E-state index contributed by atoms with van der Waals surface area (Å²) in [6.07, 6.45) is 4.66. The largest absolute Gasteiger partial charge is 0.481 e. The maximum Gasteiger partial charge on any atom is 0.307 e. The number of carboxylic acid groups (broad SMARTS) is 1. The van der Waals surface area contributed by atoms with Gasteiger partial charge in [-0.05, 0) is 25.7 Å². The molecule has 0 spiro atoms. The van der Waals surface area contributed by atoms with E-state index in [1.54, 1.807) is 0 Å². The molecule has 0 unspecified atom stereocenters. The highest BCUT2D eigenvalue weighted by Crippen LogP contribution is 2.29. The zero-order chi connectivity index (χ0) is 12.5. The van der Waals surface area contributed by atoms with E-state index in [4.69, 9.17) is 5.11 Å². The lowest BCUT2D eigenvalue weighted by Crippen LogP contribution is -2.45. The maximum absolute atomic E-state index is 12.3. The lowest BCUT2D eigenvalue weighted by atomic mass is 10.0. The molecular weight excluding hydrogens is 242 g/mol. The Morgan fingerprint density at radius 2 is 1.76 bits per heavy atom. The summed E-state index contributed by atoms with van der Waals surface area (Å²) >= 11 is 0. The Bertz CT molecular complexity index is 386. The third kappa shape index (κ3) is 2.63. The van der Waals surface area contributed by atoms with Crippen LogP contribution in [0.2, 0.25) is 0 Å². The predicted molar refractivity (Wildman–Crippen MR) is 63.1 cm³/mol. The zero-order valence-corrected chi connectivity index (χ0v) is 10.7. The average Bonchev–Trinajstić information content (AvgIpc) is 2.83. The molecule has 1 aliphatic carbocycles. The summed E-state index contributed by atoms with van der Waals surface area (Å²) in [6.45, 7) is 0.650. The number of hydrogen-bond donors (Lipinski definition) is 1. The first kappa shape index (κ1) is 12.8. The molecule has 98 valence electrons. The Morgan fingerprint density at radius 1 is 1.12 bits per heavy atom. The summed E-state index contributed by atoms with van der Waals surface area (Å²) in [5, 5.41) is 8.70. The van der Waals surface area contributed by atoms with E-state index in [-0.39, 0.29) is 11.8 Å². The van der Waals surface area contributed by atoms with Crippen molar-refractivity contribution in [3.05, 3.63) is 0 Å². The van der Waals surface area contributed by atoms with Crippen molar-refractivity contribution in [1.29, 1.82) is 0 Å². The van der Waals surface area contributed by atoms with Crippen molar-refractivity contribution >= 4 is 16.0 Å². The highest BCUT2D eigenvalue weighted by molar-refractivity contribution is 7.89. The summed E-state index contributed by atoms with van der Waals surface area (Å²) in [5.74, 6) is -1.41. The molecule has 2 aliphatic rings. The van der Waals surface area contributed by atoms with Gasteiger partial charge in [-0.15, -0.1) is 0 Å². The Balaban J connectivity index is 2.08. The van der Waals surface area contributed by atoms with Crippen molar-refractivity contribution in [2.75, 3.05) is 13.1 Å². The Kier molecular flexibility index (Phi) is 3.73. The average molecular weight is 261 g/mol. The van der Waals surface area contributed by atoms with Crippen LogP contribution in [-0.4, -0.2) is 42.1 Å². The van der Waals surface area contributed by atoms with Crippen LogP contribution in [0.15, 0.2) is 0 Å². The number of carbonyl (C=O) groups is 1. The molecule has 1 aliphatic heterocycles. The van der Waals surface area contributed by atoms with Crippen LogP contribution in [0.1, 0.15) is 38.5 Å². The van der Waals surface area contributed by atoms with Gasteiger partial charge in [0.15, 0.2) is 0 Å². The molecule has 2 fully saturated rings. The minimum absolute atomic E-state index is 0.161. The van der Waals surface area contributed by atoms with Crippen molar-refractivity contribution in [1.82, 2.24) is 4.31 Å². The van der Waals surface area contributed by atoms with E-state index in [0.29, 0.717) is 19.4 Å². The number of sulfonamides is 1. The topological polar surface area (TPSA) is 74.7 Å². The van der Waals surface area contributed by atoms with E-state index in [2.05, 4.69) is 0 Å². The van der Waals surface area contributed by atoms with E-state index >= 15 is 0 Å². The summed E-state index contributed by atoms with van der Waals surface area (Å²) < 4.78 is 26.0. The van der Waals surface area contributed by atoms with Gasteiger partial charge in [-0.25, -0.2) is 12.7 Å². The van der Waals surface area contributed by atoms with Crippen LogP contribution in [0.5, 0.6) is 0 Å². The molecule has 1 saturated carbocycles. The van der Waals surface area contributed by atoms with Crippen LogP contribution in [0, 0.1) is 5.92 Å². The molecule has 0 aromatic rings. The second-order valence-corrected chi connectivity index (χ2v) is 7.20. The van der Waals surface area contributed by atoms with Gasteiger partial charge >= 0.3 is 5.97 Å². The first-order valence-electron chi connectivity index (χ1n) is 6.23. The Hall–Kier alpha value is -0.620.